The van der Waals surface area contributed by atoms with Gasteiger partial charge in [0.25, 0.3) is 11.8 Å². The van der Waals surface area contributed by atoms with E-state index in [1.807, 2.05) is 0 Å². The summed E-state index contributed by atoms with van der Waals surface area (Å²) in [6.07, 6.45) is 2.67. The van der Waals surface area contributed by atoms with Crippen LogP contribution in [0.5, 0.6) is 0 Å². The Hall–Kier alpha value is -2.71. The minimum atomic E-state index is -1.09. The van der Waals surface area contributed by atoms with Crippen molar-refractivity contribution in [1.29, 1.82) is 0 Å². The molecule has 1 rings (SSSR count). The van der Waals surface area contributed by atoms with Crippen LogP contribution in [-0.4, -0.2) is 57.9 Å². The number of imide groups is 1. The van der Waals surface area contributed by atoms with Gasteiger partial charge in [-0.25, -0.2) is 0 Å². The molecule has 1 aliphatic rings. The predicted molar refractivity (Wildman–Crippen MR) is 80.7 cm³/mol. The van der Waals surface area contributed by atoms with E-state index in [-0.39, 0.29) is 44.7 Å². The Bertz CT molecular complexity index is 538. The van der Waals surface area contributed by atoms with Gasteiger partial charge in [-0.2, -0.15) is 0 Å². The molecule has 0 aromatic rings. The van der Waals surface area contributed by atoms with Crippen LogP contribution in [-0.2, 0) is 24.0 Å². The number of nitrogens with one attached hydrogen (secondary N) is 1. The largest absolute Gasteiger partial charge is 0.481 e. The monoisotopic (exact) mass is 340 g/mol. The number of carbonyl (C=O) groups excluding carboxylic acids is 3. The molecule has 1 heterocycles. The summed E-state index contributed by atoms with van der Waals surface area (Å²) in [4.78, 5) is 56.7. The molecular formula is C15H20N2O7. The van der Waals surface area contributed by atoms with E-state index in [2.05, 4.69) is 5.32 Å². The van der Waals surface area contributed by atoms with Crippen LogP contribution in [0.25, 0.3) is 0 Å². The van der Waals surface area contributed by atoms with E-state index in [4.69, 9.17) is 10.2 Å². The molecule has 0 fully saturated rings. The van der Waals surface area contributed by atoms with Crippen molar-refractivity contribution < 1.29 is 34.2 Å². The zero-order chi connectivity index (χ0) is 18.1. The number of hydrogen-bond acceptors (Lipinski definition) is 5. The topological polar surface area (TPSA) is 141 Å². The van der Waals surface area contributed by atoms with Crippen molar-refractivity contribution in [3.8, 4) is 0 Å². The number of carboxylic acid groups (broad SMARTS) is 2. The molecule has 0 radical (unpaired) electrons. The van der Waals surface area contributed by atoms with Crippen LogP contribution in [0.15, 0.2) is 12.2 Å². The highest BCUT2D eigenvalue weighted by Gasteiger charge is 2.23. The zero-order valence-electron chi connectivity index (χ0n) is 13.1. The average molecular weight is 340 g/mol. The molecule has 3 amide bonds. The molecule has 0 bridgehead atoms. The van der Waals surface area contributed by atoms with Crippen LogP contribution in [0.4, 0.5) is 0 Å². The van der Waals surface area contributed by atoms with Crippen LogP contribution < -0.4 is 5.32 Å². The van der Waals surface area contributed by atoms with Crippen LogP contribution in [0.3, 0.4) is 0 Å². The van der Waals surface area contributed by atoms with Crippen molar-refractivity contribution in [2.45, 2.75) is 32.1 Å². The van der Waals surface area contributed by atoms with E-state index >= 15 is 0 Å². The maximum Gasteiger partial charge on any atom is 0.306 e. The summed E-state index contributed by atoms with van der Waals surface area (Å²) in [5.41, 5.74) is 0. The van der Waals surface area contributed by atoms with Gasteiger partial charge in [0.2, 0.25) is 5.91 Å². The van der Waals surface area contributed by atoms with Gasteiger partial charge in [0.05, 0.1) is 5.92 Å². The first-order valence-electron chi connectivity index (χ1n) is 7.56. The average Bonchev–Trinajstić information content (AvgIpc) is 2.81. The van der Waals surface area contributed by atoms with Gasteiger partial charge in [-0.15, -0.1) is 0 Å². The molecule has 24 heavy (non-hydrogen) atoms. The molecule has 9 nitrogen and oxygen atoms in total. The van der Waals surface area contributed by atoms with E-state index in [9.17, 15) is 24.0 Å². The van der Waals surface area contributed by atoms with Crippen LogP contribution in [0, 0.1) is 5.92 Å². The number of carbonyl (C=O) groups is 5. The Balaban J connectivity index is 2.20. The van der Waals surface area contributed by atoms with Gasteiger partial charge in [0, 0.05) is 38.1 Å². The van der Waals surface area contributed by atoms with Crippen molar-refractivity contribution >= 4 is 29.7 Å². The highest BCUT2D eigenvalue weighted by molar-refractivity contribution is 6.12. The molecule has 0 aliphatic carbocycles. The van der Waals surface area contributed by atoms with Crippen molar-refractivity contribution in [2.75, 3.05) is 13.1 Å². The number of aliphatic carboxylic acids is 2. The van der Waals surface area contributed by atoms with E-state index in [0.717, 1.165) is 4.90 Å². The molecule has 0 spiro atoms. The van der Waals surface area contributed by atoms with Gasteiger partial charge in [-0.05, 0) is 19.3 Å². The Morgan fingerprint density at radius 1 is 1.04 bits per heavy atom. The number of hydrogen-bond donors (Lipinski definition) is 3. The lowest BCUT2D eigenvalue weighted by Crippen LogP contribution is -2.32. The van der Waals surface area contributed by atoms with Gasteiger partial charge >= 0.3 is 11.9 Å². The molecule has 1 aliphatic heterocycles. The zero-order valence-corrected chi connectivity index (χ0v) is 13.1. The minimum Gasteiger partial charge on any atom is -0.481 e. The van der Waals surface area contributed by atoms with Crippen LogP contribution >= 0.6 is 0 Å². The third-order valence-electron chi connectivity index (χ3n) is 3.56. The molecule has 1 atom stereocenters. The quantitative estimate of drug-likeness (QED) is 0.441. The van der Waals surface area contributed by atoms with Gasteiger partial charge in [-0.3, -0.25) is 28.9 Å². The van der Waals surface area contributed by atoms with Gasteiger partial charge < -0.3 is 15.5 Å². The fourth-order valence-electron chi connectivity index (χ4n) is 2.21. The third kappa shape index (κ3) is 6.59. The van der Waals surface area contributed by atoms with E-state index < -0.39 is 29.7 Å². The highest BCUT2D eigenvalue weighted by atomic mass is 16.4. The third-order valence-corrected chi connectivity index (χ3v) is 3.56. The molecule has 0 saturated heterocycles. The number of amides is 3. The van der Waals surface area contributed by atoms with Crippen molar-refractivity contribution in [3.05, 3.63) is 12.2 Å². The normalized spacial score (nSPS) is 14.8. The van der Waals surface area contributed by atoms with Gasteiger partial charge in [-0.1, -0.05) is 0 Å². The number of rotatable bonds is 11. The molecule has 132 valence electrons. The summed E-state index contributed by atoms with van der Waals surface area (Å²) in [7, 11) is 0. The first-order chi connectivity index (χ1) is 11.3. The fraction of sp³-hybridized carbons (Fsp3) is 0.533. The van der Waals surface area contributed by atoms with Crippen molar-refractivity contribution in [3.63, 3.8) is 0 Å². The fourth-order valence-corrected chi connectivity index (χ4v) is 2.21. The summed E-state index contributed by atoms with van der Waals surface area (Å²) in [6.45, 7) is 0.271. The first kappa shape index (κ1) is 19.3. The van der Waals surface area contributed by atoms with Crippen LogP contribution in [0.1, 0.15) is 32.1 Å². The molecule has 0 aromatic heterocycles. The van der Waals surface area contributed by atoms with Gasteiger partial charge in [0.1, 0.15) is 0 Å². The van der Waals surface area contributed by atoms with E-state index in [1.54, 1.807) is 0 Å². The van der Waals surface area contributed by atoms with E-state index in [1.165, 1.54) is 12.2 Å². The Kier molecular flexibility index (Phi) is 7.60. The summed E-state index contributed by atoms with van der Waals surface area (Å²) in [5, 5.41) is 20.1. The summed E-state index contributed by atoms with van der Waals surface area (Å²) in [6, 6.07) is 0. The Labute approximate surface area is 138 Å². The standard InChI is InChI=1S/C15H20N2O7/c18-11(2-1-9-17-12(19)4-5-13(17)20)16-8-7-10(15(23)24)3-6-14(21)22/h4-5,10H,1-3,6-9H2,(H,16,18)(H,21,22)(H,23,24). The van der Waals surface area contributed by atoms with E-state index in [0.29, 0.717) is 6.42 Å². The summed E-state index contributed by atoms with van der Waals surface area (Å²) in [5.74, 6) is -4.10. The second-order valence-corrected chi connectivity index (χ2v) is 5.37. The van der Waals surface area contributed by atoms with Crippen molar-refractivity contribution in [2.24, 2.45) is 5.92 Å². The number of carboxylic acids is 2. The predicted octanol–water partition coefficient (Wildman–Crippen LogP) is -0.236. The second-order valence-electron chi connectivity index (χ2n) is 5.37. The maximum absolute atomic E-state index is 11.6. The summed E-state index contributed by atoms with van der Waals surface area (Å²) >= 11 is 0. The molecular weight excluding hydrogens is 320 g/mol. The molecule has 3 N–H and O–H groups in total. The molecule has 0 saturated carbocycles. The first-order valence-corrected chi connectivity index (χ1v) is 7.56. The Morgan fingerprint density at radius 3 is 2.21 bits per heavy atom. The molecule has 0 aromatic carbocycles. The SMILES string of the molecule is O=C(O)CCC(CCNC(=O)CCCN1C(=O)C=CC1=O)C(=O)O. The lowest BCUT2D eigenvalue weighted by atomic mass is 9.99. The summed E-state index contributed by atoms with van der Waals surface area (Å²) < 4.78 is 0. The maximum atomic E-state index is 11.6. The lowest BCUT2D eigenvalue weighted by molar-refractivity contribution is -0.143. The molecule has 9 heteroatoms. The lowest BCUT2D eigenvalue weighted by Gasteiger charge is -2.14. The van der Waals surface area contributed by atoms with Crippen molar-refractivity contribution in [1.82, 2.24) is 10.2 Å². The number of nitrogens with zero attached hydrogens (tertiary/aromatic N) is 1. The minimum absolute atomic E-state index is 0.00667. The van der Waals surface area contributed by atoms with Gasteiger partial charge in [0.15, 0.2) is 0 Å². The van der Waals surface area contributed by atoms with Crippen LogP contribution in [0.2, 0.25) is 0 Å². The highest BCUT2D eigenvalue weighted by Crippen LogP contribution is 2.11. The Morgan fingerprint density at radius 2 is 1.67 bits per heavy atom. The second kappa shape index (κ2) is 9.43. The smallest absolute Gasteiger partial charge is 0.306 e. The molecule has 1 unspecified atom stereocenters.